The Morgan fingerprint density at radius 2 is 0.703 bits per heavy atom. The van der Waals surface area contributed by atoms with Crippen molar-refractivity contribution in [3.63, 3.8) is 0 Å². The van der Waals surface area contributed by atoms with Gasteiger partial charge in [-0.05, 0) is 81.4 Å². The Labute approximate surface area is 857 Å². The molecule has 798 valence electrons. The van der Waals surface area contributed by atoms with Crippen LogP contribution in [0.5, 0.6) is 0 Å². The molecule has 5 aliphatic heterocycles. The minimum Gasteiger partial charge on any atom is -0.870 e. The first-order valence-electron chi connectivity index (χ1n) is 42.0. The van der Waals surface area contributed by atoms with Crippen LogP contribution in [0.1, 0.15) is 115 Å². The Morgan fingerprint density at radius 3 is 1.01 bits per heavy atom. The second-order valence-electron chi connectivity index (χ2n) is 31.2. The fourth-order valence-electron chi connectivity index (χ4n) is 12.7. The van der Waals surface area contributed by atoms with Gasteiger partial charge in [-0.1, -0.05) is 74.2 Å². The van der Waals surface area contributed by atoms with Crippen molar-refractivity contribution >= 4 is 122 Å². The number of anilines is 4. The first kappa shape index (κ1) is 126. The van der Waals surface area contributed by atoms with Crippen LogP contribution in [-0.4, -0.2) is 246 Å². The van der Waals surface area contributed by atoms with E-state index >= 15 is 0 Å². The number of nitrogens with two attached hydrogens (primary N) is 4. The number of rotatable bonds is 36. The standard InChI is InChI=1S/C20H26N3O8P.C19H23N2O8P.C16H18N3O8P.C9H16N3O13P3.C9H14N3O7P.C3H9ISi.Na.H2O/c1-3-28-32(26,29-4-2)13-27-17-12-15(30-19(24)14-8-6-5-7-9-14)18(31-17)23-11-10-16(21)22-20(23)25;1-3-27-30(2,25)12-26-16-11-14(28-18(23)13-7-5-4-6-8-13)17(29-16)21-10-9-15(22)20-19(21)24;17-12-6-7-19(16(21)18-12)14-11(8-13(27-14)25-9-28(22,23)24)26-15(20)10-4-2-1-3-5-10;10-6-1-2-12(9(14)11-6)8-5(13)3-7(23-8)22-4-26(15,16)24-28(20,21)25-27(17,18)19;10-6-1-2-12(9(14)11-6)8-5(13)3-7(19-8)18-4-20(15,16)17;1-5(2,3)4;;/h5-11,15,17-18H,3-4,12-13H2,1-2H3,(H2,21,22,25);4-10,14,16-17H,3,11-12H2,1-2H3,(H,20,22,24);1-7,11,13-14H,8-9H2,(H2,17,18,21)(H2,22,23,24);1-2,5,7-8,13H,3-4H2,(H,15,16)(H,20,21)(H2,10,11,14)(H2,17,18,19);1-2,5,7-8,13H,3-4H2,(H2,10,11,14)(H2,15,16,17);1-3H3;;1H2/q;;;;;;+1;/p-1/t15-,17-,18+;14-,16-,17+,30?;11-,13-,14+;2*5-,7-,8+;;;/m00000.../s1. The van der Waals surface area contributed by atoms with Gasteiger partial charge in [0.15, 0.2) is 106 Å². The zero-order valence-electron chi connectivity index (χ0n) is 77.9. The second kappa shape index (κ2) is 56.7. The zero-order valence-corrected chi connectivity index (χ0v) is 89.3. The topological polar surface area (TPSA) is 868 Å². The number of nitrogen functional groups attached to an aromatic ring is 4. The van der Waals surface area contributed by atoms with E-state index in [0.717, 1.165) is 28.9 Å². The minimum atomic E-state index is -5.59. The number of nitrogens with zero attached hydrogens (tertiary/aromatic N) is 9. The number of aromatic nitrogens is 10. The van der Waals surface area contributed by atoms with Gasteiger partial charge in [-0.2, -0.15) is 24.2 Å². The van der Waals surface area contributed by atoms with Crippen LogP contribution in [0.25, 0.3) is 0 Å². The molecule has 145 heavy (non-hydrogen) atoms. The fraction of sp³-hybridized carbons (Fsp3) is 0.461. The Bertz CT molecular complexity index is 6320. The molecule has 3 aromatic carbocycles. The Morgan fingerprint density at radius 1 is 0.421 bits per heavy atom. The number of aliphatic hydroxyl groups is 2. The maximum atomic E-state index is 12.7. The predicted octanol–water partition coefficient (Wildman–Crippen LogP) is 1.39. The summed E-state index contributed by atoms with van der Waals surface area (Å²) < 4.78 is 178. The predicted molar refractivity (Wildman–Crippen MR) is 508 cm³/mol. The van der Waals surface area contributed by atoms with Crippen molar-refractivity contribution in [2.75, 3.05) is 81.2 Å². The van der Waals surface area contributed by atoms with Gasteiger partial charge in [-0.15, -0.1) is 21.8 Å². The van der Waals surface area contributed by atoms with Crippen molar-refractivity contribution in [3.8, 4) is 0 Å². The van der Waals surface area contributed by atoms with Crippen molar-refractivity contribution < 1.29 is 215 Å². The first-order valence-corrected chi connectivity index (χ1v) is 61.0. The molecule has 0 spiro atoms. The maximum absolute atomic E-state index is 12.7. The molecule has 20 N–H and O–H groups in total. The van der Waals surface area contributed by atoms with Gasteiger partial charge < -0.3 is 153 Å². The summed E-state index contributed by atoms with van der Waals surface area (Å²) in [4.78, 5) is 196. The average Bonchev–Trinajstić information content (AvgIpc) is 1.67. The Balaban J connectivity index is 0.000000274. The molecule has 5 saturated heterocycles. The summed E-state index contributed by atoms with van der Waals surface area (Å²) in [5.74, 6) is -1.81. The molecule has 18 atom stereocenters. The number of hydrogen-bond acceptors (Lipinski definition) is 45. The van der Waals surface area contributed by atoms with Gasteiger partial charge in [0, 0.05) is 75.8 Å². The molecule has 3 unspecified atom stereocenters. The zero-order chi connectivity index (χ0) is 106. The molecule has 13 rings (SSSR count). The number of nitrogens with one attached hydrogen (secondary N) is 1. The number of H-pyrrole nitrogens is 1. The Kier molecular flexibility index (Phi) is 49.2. The normalized spacial score (nSPS) is 23.0. The third-order valence-corrected chi connectivity index (χ3v) is 26.5. The van der Waals surface area contributed by atoms with Crippen LogP contribution >= 0.6 is 75.2 Å². The number of carbonyl (C=O) groups excluding carboxylic acids is 3. The molecule has 0 aliphatic carbocycles. The van der Waals surface area contributed by atoms with Gasteiger partial charge in [0.1, 0.15) is 47.4 Å². The van der Waals surface area contributed by atoms with Crippen molar-refractivity contribution in [1.82, 2.24) is 47.8 Å². The van der Waals surface area contributed by atoms with E-state index < -0.39 is 223 Å². The van der Waals surface area contributed by atoms with E-state index in [4.69, 9.17) is 132 Å². The summed E-state index contributed by atoms with van der Waals surface area (Å²) >= 11 is 2.52. The SMILES string of the molecule is CCOP(=O)(CO[C@@H]1C[C@H](OC(=O)c2ccccc2)[C@H](n2ccc(N)nc2=O)O1)OCC.CCOP(C)(=O)CO[C@@H]1C[C@H](OC(=O)c2ccccc2)[C@H](n2ccc(=O)[nH]c2=O)O1.C[Si](C)(C)I.Nc1ccn([C@@H]2O[C@H](OCP(=O)(O)O)C[C@@H]2O)c(=O)n1.Nc1ccn([C@@H]2O[C@H](OCP(=O)(O)O)C[C@@H]2OC(=O)c2ccccc2)c(=O)n1.Nc1ccn([C@@H]2O[C@H](OCP(=O)(O)OP(=O)(O)OP(=O)(O)O)C[C@@H]2O)c(=O)n1.[Na+].[OH-]. The van der Waals surface area contributed by atoms with Crippen LogP contribution < -0.4 is 86.5 Å². The van der Waals surface area contributed by atoms with Crippen molar-refractivity contribution in [2.45, 2.75) is 166 Å². The molecule has 0 amide bonds. The van der Waals surface area contributed by atoms with Crippen molar-refractivity contribution in [2.24, 2.45) is 0 Å². The molecule has 5 aromatic heterocycles. The maximum Gasteiger partial charge on any atom is 1.00 e. The summed E-state index contributed by atoms with van der Waals surface area (Å²) in [6.07, 6.45) is -13.0. The largest absolute Gasteiger partial charge is 1.00 e. The molecule has 5 aliphatic rings. The number of esters is 3. The molecule has 69 heteroatoms. The van der Waals surface area contributed by atoms with Gasteiger partial charge in [-0.25, -0.2) is 51.8 Å². The van der Waals surface area contributed by atoms with Crippen LogP contribution in [-0.2, 0) is 116 Å². The molecule has 8 aromatic rings. The van der Waals surface area contributed by atoms with Gasteiger partial charge in [0.05, 0.1) is 36.5 Å². The quantitative estimate of drug-likeness (QED) is 0.00659. The summed E-state index contributed by atoms with van der Waals surface area (Å²) in [7, 11) is -31.3. The van der Waals surface area contributed by atoms with E-state index in [-0.39, 0.29) is 123 Å². The van der Waals surface area contributed by atoms with E-state index in [9.17, 15) is 90.2 Å². The van der Waals surface area contributed by atoms with Crippen LogP contribution in [0.3, 0.4) is 0 Å². The number of hydrogen-bond donors (Lipinski definition) is 15. The molecule has 5 fully saturated rings. The molecule has 10 heterocycles. The van der Waals surface area contributed by atoms with Crippen molar-refractivity contribution in [3.05, 3.63) is 232 Å². The summed E-state index contributed by atoms with van der Waals surface area (Å²) in [6.45, 7) is 14.1. The number of aliphatic hydroxyl groups excluding tert-OH is 2. The molecular weight excluding hydrogens is 2220 g/mol. The molecular formula is C76H107IN14NaO45P7Si. The fourth-order valence-corrected chi connectivity index (χ4v) is 19.1. The summed E-state index contributed by atoms with van der Waals surface area (Å²) in [6, 6.07) is 31.5. The number of benzene rings is 3. The summed E-state index contributed by atoms with van der Waals surface area (Å²) in [5.41, 5.74) is 17.8. The van der Waals surface area contributed by atoms with Gasteiger partial charge >= 0.3 is 122 Å². The number of halogens is 1. The van der Waals surface area contributed by atoms with Crippen molar-refractivity contribution in [1.29, 1.82) is 0 Å². The average molecular weight is 2330 g/mol. The van der Waals surface area contributed by atoms with E-state index in [2.05, 4.69) is 75.0 Å². The molecule has 0 radical (unpaired) electrons. The van der Waals surface area contributed by atoms with Crippen LogP contribution in [0.4, 0.5) is 23.3 Å². The summed E-state index contributed by atoms with van der Waals surface area (Å²) in [5, 5.41) is 19.8. The number of ether oxygens (including phenoxy) is 13. The third kappa shape index (κ3) is 42.7. The van der Waals surface area contributed by atoms with E-state index in [0.29, 0.717) is 16.7 Å². The molecule has 0 bridgehead atoms. The van der Waals surface area contributed by atoms with Gasteiger partial charge in [-0.3, -0.25) is 55.4 Å². The van der Waals surface area contributed by atoms with E-state index in [1.807, 2.05) is 0 Å². The molecule has 59 nitrogen and oxygen atoms in total. The number of phosphoric acid groups is 2. The smallest absolute Gasteiger partial charge is 0.870 e. The van der Waals surface area contributed by atoms with Crippen LogP contribution in [0.15, 0.2) is 181 Å². The van der Waals surface area contributed by atoms with Gasteiger partial charge in [0.25, 0.3) is 5.56 Å². The number of carbonyl (C=O) groups is 3. The monoisotopic (exact) mass is 2330 g/mol. The van der Waals surface area contributed by atoms with E-state index in [1.54, 1.807) is 112 Å². The van der Waals surface area contributed by atoms with E-state index in [1.165, 1.54) is 61.9 Å². The molecule has 0 saturated carbocycles. The Hall–Kier alpha value is -8.01. The van der Waals surface area contributed by atoms with Gasteiger partial charge in [0.2, 0.25) is 7.37 Å². The first-order chi connectivity index (χ1) is 66.8. The minimum absolute atomic E-state index is 0. The third-order valence-electron chi connectivity index (χ3n) is 18.3. The van der Waals surface area contributed by atoms with Crippen LogP contribution in [0, 0.1) is 0 Å². The van der Waals surface area contributed by atoms with Crippen LogP contribution in [0.2, 0.25) is 19.6 Å². The second-order valence-corrected chi connectivity index (χ2v) is 57.5. The number of aromatic amines is 1.